The van der Waals surface area contributed by atoms with Gasteiger partial charge in [0.25, 0.3) is 5.91 Å². The van der Waals surface area contributed by atoms with Gasteiger partial charge in [0, 0.05) is 41.8 Å². The Morgan fingerprint density at radius 3 is 2.64 bits per heavy atom. The second-order valence-electron chi connectivity index (χ2n) is 12.8. The summed E-state index contributed by atoms with van der Waals surface area (Å²) in [6, 6.07) is 20.4. The minimum Gasteiger partial charge on any atom is -0.497 e. The molecule has 0 spiro atoms. The van der Waals surface area contributed by atoms with Crippen LogP contribution in [0.1, 0.15) is 73.6 Å². The molecule has 45 heavy (non-hydrogen) atoms. The van der Waals surface area contributed by atoms with E-state index in [0.717, 1.165) is 39.4 Å². The molecular weight excluding hydrogens is 564 g/mol. The molecule has 1 saturated carbocycles. The molecule has 234 valence electrons. The number of imidazole rings is 1. The molecule has 0 bridgehead atoms. The number of rotatable bonds is 8. The fraction of sp³-hybridized carbons (Fsp3) is 0.405. The lowest BCUT2D eigenvalue weighted by Gasteiger charge is -2.27. The van der Waals surface area contributed by atoms with E-state index in [1.807, 2.05) is 50.2 Å². The van der Waals surface area contributed by atoms with Crippen molar-refractivity contribution in [3.63, 3.8) is 0 Å². The first-order valence-electron chi connectivity index (χ1n) is 16.1. The quantitative estimate of drug-likeness (QED) is 0.199. The molecule has 5 aromatic rings. The molecule has 3 heterocycles. The summed E-state index contributed by atoms with van der Waals surface area (Å²) in [7, 11) is 3.39. The number of carbonyl (C=O) groups excluding carboxylic acids is 1. The van der Waals surface area contributed by atoms with Crippen LogP contribution >= 0.6 is 0 Å². The van der Waals surface area contributed by atoms with Gasteiger partial charge < -0.3 is 28.7 Å². The molecule has 2 aliphatic rings. The zero-order valence-corrected chi connectivity index (χ0v) is 26.7. The van der Waals surface area contributed by atoms with Crippen LogP contribution in [0.5, 0.6) is 11.5 Å². The van der Waals surface area contributed by atoms with Crippen LogP contribution in [0.15, 0.2) is 60.7 Å². The highest BCUT2D eigenvalue weighted by Crippen LogP contribution is 2.47. The van der Waals surface area contributed by atoms with Crippen molar-refractivity contribution < 1.29 is 19.0 Å². The minimum atomic E-state index is -0.728. The van der Waals surface area contributed by atoms with E-state index in [1.165, 1.54) is 48.7 Å². The van der Waals surface area contributed by atoms with Crippen molar-refractivity contribution >= 4 is 27.8 Å². The van der Waals surface area contributed by atoms with Gasteiger partial charge in [0.15, 0.2) is 0 Å². The Morgan fingerprint density at radius 1 is 1.02 bits per heavy atom. The van der Waals surface area contributed by atoms with Crippen molar-refractivity contribution in [1.29, 1.82) is 0 Å². The van der Waals surface area contributed by atoms with Gasteiger partial charge in [-0.1, -0.05) is 37.5 Å². The largest absolute Gasteiger partial charge is 0.497 e. The topological polar surface area (TPSA) is 79.5 Å². The summed E-state index contributed by atoms with van der Waals surface area (Å²) >= 11 is 0. The number of para-hydroxylation sites is 2. The van der Waals surface area contributed by atoms with E-state index in [0.29, 0.717) is 37.8 Å². The van der Waals surface area contributed by atoms with Crippen LogP contribution in [0.3, 0.4) is 0 Å². The average Bonchev–Trinajstić information content (AvgIpc) is 3.53. The van der Waals surface area contributed by atoms with E-state index < -0.39 is 5.54 Å². The third kappa shape index (κ3) is 5.25. The van der Waals surface area contributed by atoms with Crippen molar-refractivity contribution in [2.45, 2.75) is 70.5 Å². The van der Waals surface area contributed by atoms with E-state index in [-0.39, 0.29) is 5.91 Å². The fourth-order valence-corrected chi connectivity index (χ4v) is 7.41. The Labute approximate surface area is 264 Å². The van der Waals surface area contributed by atoms with E-state index in [1.54, 1.807) is 14.2 Å². The molecule has 3 aromatic carbocycles. The molecule has 7 rings (SSSR count). The lowest BCUT2D eigenvalue weighted by atomic mass is 9.81. The summed E-state index contributed by atoms with van der Waals surface area (Å²) in [5, 5.41) is 4.55. The van der Waals surface area contributed by atoms with Crippen molar-refractivity contribution in [2.75, 3.05) is 27.4 Å². The third-order valence-electron chi connectivity index (χ3n) is 9.55. The maximum atomic E-state index is 14.0. The van der Waals surface area contributed by atoms with Crippen LogP contribution < -0.4 is 14.8 Å². The van der Waals surface area contributed by atoms with Crippen LogP contribution in [0.2, 0.25) is 0 Å². The maximum absolute atomic E-state index is 14.0. The molecule has 1 fully saturated rings. The van der Waals surface area contributed by atoms with Gasteiger partial charge >= 0.3 is 0 Å². The number of nitrogens with one attached hydrogen (secondary N) is 1. The number of nitrogens with zero attached hydrogens (tertiary/aromatic N) is 3. The van der Waals surface area contributed by atoms with Gasteiger partial charge in [0.2, 0.25) is 0 Å². The summed E-state index contributed by atoms with van der Waals surface area (Å²) in [5.41, 5.74) is 6.61. The first-order chi connectivity index (χ1) is 21.9. The average molecular weight is 607 g/mol. The smallest absolute Gasteiger partial charge is 0.252 e. The first kappa shape index (κ1) is 29.4. The van der Waals surface area contributed by atoms with Crippen LogP contribution in [-0.2, 0) is 23.4 Å². The molecule has 1 aliphatic carbocycles. The highest BCUT2D eigenvalue weighted by molar-refractivity contribution is 6.01. The Bertz CT molecular complexity index is 1880. The summed E-state index contributed by atoms with van der Waals surface area (Å²) < 4.78 is 21.7. The summed E-state index contributed by atoms with van der Waals surface area (Å²) in [4.78, 5) is 19.0. The molecule has 2 aromatic heterocycles. The molecule has 1 amide bonds. The monoisotopic (exact) mass is 606 g/mol. The second-order valence-corrected chi connectivity index (χ2v) is 12.8. The molecule has 0 unspecified atom stereocenters. The van der Waals surface area contributed by atoms with Gasteiger partial charge in [-0.2, -0.15) is 0 Å². The molecule has 0 radical (unpaired) electrons. The van der Waals surface area contributed by atoms with Gasteiger partial charge in [-0.3, -0.25) is 4.79 Å². The Balaban J connectivity index is 1.30. The number of methoxy groups -OCH3 is 2. The van der Waals surface area contributed by atoms with Crippen LogP contribution in [-0.4, -0.2) is 47.5 Å². The number of hydrogen-bond acceptors (Lipinski definition) is 5. The maximum Gasteiger partial charge on any atom is 0.252 e. The van der Waals surface area contributed by atoms with E-state index in [4.69, 9.17) is 19.2 Å². The number of hydrogen-bond donors (Lipinski definition) is 1. The van der Waals surface area contributed by atoms with Crippen molar-refractivity contribution in [1.82, 2.24) is 19.4 Å². The number of fused-ring (bicyclic) bond motifs is 6. The van der Waals surface area contributed by atoms with Crippen molar-refractivity contribution in [3.8, 4) is 22.8 Å². The first-order valence-corrected chi connectivity index (χ1v) is 16.1. The Morgan fingerprint density at radius 2 is 1.84 bits per heavy atom. The van der Waals surface area contributed by atoms with E-state index >= 15 is 0 Å². The predicted octanol–water partition coefficient (Wildman–Crippen LogP) is 7.42. The van der Waals surface area contributed by atoms with Gasteiger partial charge in [-0.25, -0.2) is 4.98 Å². The molecule has 0 saturated heterocycles. The lowest BCUT2D eigenvalue weighted by molar-refractivity contribution is 0.0906. The van der Waals surface area contributed by atoms with Crippen LogP contribution in [0.25, 0.3) is 33.2 Å². The van der Waals surface area contributed by atoms with Gasteiger partial charge in [0.1, 0.15) is 23.9 Å². The van der Waals surface area contributed by atoms with Crippen LogP contribution in [0, 0.1) is 0 Å². The number of aromatic nitrogens is 3. The number of ether oxygens (including phenoxy) is 3. The van der Waals surface area contributed by atoms with Crippen molar-refractivity contribution in [3.05, 3.63) is 77.6 Å². The standard InChI is InChI=1S/C37H42N4O4/c1-37(2,36-38-29-12-8-9-13-30(29)41(36)18-20-43-3)39-35(42)25-14-16-27-31(22-25)40-19-21-45-32-23-26(44-4)15-17-28(32)34(40)33(27)24-10-6-5-7-11-24/h8-9,12-17,22-24H,5-7,10-11,18-21H2,1-4H3,(H,39,42). The Kier molecular flexibility index (Phi) is 7.78. The van der Waals surface area contributed by atoms with Crippen molar-refractivity contribution in [2.24, 2.45) is 0 Å². The van der Waals surface area contributed by atoms with Crippen LogP contribution in [0.4, 0.5) is 0 Å². The summed E-state index contributed by atoms with van der Waals surface area (Å²) in [6.45, 7) is 6.48. The summed E-state index contributed by atoms with van der Waals surface area (Å²) in [5.74, 6) is 2.79. The number of amides is 1. The fourth-order valence-electron chi connectivity index (χ4n) is 7.41. The number of carbonyl (C=O) groups is 1. The van der Waals surface area contributed by atoms with E-state index in [2.05, 4.69) is 38.7 Å². The highest BCUT2D eigenvalue weighted by atomic mass is 16.5. The van der Waals surface area contributed by atoms with E-state index in [9.17, 15) is 4.79 Å². The minimum absolute atomic E-state index is 0.128. The zero-order valence-electron chi connectivity index (χ0n) is 26.7. The summed E-state index contributed by atoms with van der Waals surface area (Å²) in [6.07, 6.45) is 6.14. The van der Waals surface area contributed by atoms with Gasteiger partial charge in [-0.15, -0.1) is 0 Å². The normalized spacial score (nSPS) is 15.4. The van der Waals surface area contributed by atoms with Gasteiger partial charge in [-0.05, 0) is 74.6 Å². The third-order valence-corrected chi connectivity index (χ3v) is 9.55. The molecule has 8 nitrogen and oxygen atoms in total. The SMILES string of the molecule is COCCn1c(C(C)(C)NC(=O)c2ccc3c(C4CCCCC4)c4n(c3c2)CCOc2cc(OC)ccc2-4)nc2ccccc21. The predicted molar refractivity (Wildman–Crippen MR) is 177 cm³/mol. The Hall–Kier alpha value is -4.30. The highest BCUT2D eigenvalue weighted by Gasteiger charge is 2.32. The molecule has 1 N–H and O–H groups in total. The molecule has 0 atom stereocenters. The zero-order chi connectivity index (χ0) is 31.1. The second kappa shape index (κ2) is 11.9. The molecule has 1 aliphatic heterocycles. The molecular formula is C37H42N4O4. The lowest BCUT2D eigenvalue weighted by Crippen LogP contribution is -2.43. The number of benzene rings is 3. The molecule has 8 heteroatoms. The van der Waals surface area contributed by atoms with Gasteiger partial charge in [0.05, 0.1) is 42.5 Å².